The number of rotatable bonds is 3. The average molecular weight is 256 g/mol. The van der Waals surface area contributed by atoms with Gasteiger partial charge < -0.3 is 15.8 Å². The largest absolute Gasteiger partial charge is 0.457 e. The summed E-state index contributed by atoms with van der Waals surface area (Å²) in [5.74, 6) is -0.666. The molecule has 0 unspecified atom stereocenters. The predicted molar refractivity (Wildman–Crippen MR) is 70.8 cm³/mol. The van der Waals surface area contributed by atoms with Crippen LogP contribution in [0.25, 0.3) is 0 Å². The van der Waals surface area contributed by atoms with E-state index in [-0.39, 0.29) is 0 Å². The molecule has 0 aliphatic heterocycles. The summed E-state index contributed by atoms with van der Waals surface area (Å²) in [5, 5.41) is 2.37. The van der Waals surface area contributed by atoms with Gasteiger partial charge in [-0.25, -0.2) is 0 Å². The summed E-state index contributed by atoms with van der Waals surface area (Å²) < 4.78 is 5.59. The van der Waals surface area contributed by atoms with Gasteiger partial charge in [-0.3, -0.25) is 9.59 Å². The van der Waals surface area contributed by atoms with E-state index >= 15 is 0 Å². The highest BCUT2D eigenvalue weighted by molar-refractivity contribution is 6.39. The zero-order chi connectivity index (χ0) is 13.7. The van der Waals surface area contributed by atoms with Crippen LogP contribution in [0.2, 0.25) is 0 Å². The van der Waals surface area contributed by atoms with Gasteiger partial charge in [-0.2, -0.15) is 0 Å². The Morgan fingerprint density at radius 3 is 2.32 bits per heavy atom. The number of ether oxygens (including phenoxy) is 1. The van der Waals surface area contributed by atoms with Crippen LogP contribution >= 0.6 is 0 Å². The highest BCUT2D eigenvalue weighted by Gasteiger charge is 2.09. The number of anilines is 1. The SMILES string of the molecule is NC(=O)C(=O)Nc1cccc(Oc2ccccc2)c1. The number of hydrogen-bond donors (Lipinski definition) is 2. The van der Waals surface area contributed by atoms with Crippen molar-refractivity contribution in [3.63, 3.8) is 0 Å². The Labute approximate surface area is 110 Å². The van der Waals surface area contributed by atoms with Gasteiger partial charge in [-0.15, -0.1) is 0 Å². The minimum atomic E-state index is -1.03. The molecule has 0 aliphatic carbocycles. The monoisotopic (exact) mass is 256 g/mol. The summed E-state index contributed by atoms with van der Waals surface area (Å²) >= 11 is 0. The second-order valence-corrected chi connectivity index (χ2v) is 3.76. The minimum absolute atomic E-state index is 0.442. The number of nitrogens with two attached hydrogens (primary N) is 1. The molecule has 0 fully saturated rings. The molecular formula is C14H12N2O3. The molecule has 3 N–H and O–H groups in total. The van der Waals surface area contributed by atoms with Crippen LogP contribution in [0.15, 0.2) is 54.6 Å². The number of para-hydroxylation sites is 1. The molecule has 0 radical (unpaired) electrons. The van der Waals surface area contributed by atoms with E-state index in [1.807, 2.05) is 30.3 Å². The van der Waals surface area contributed by atoms with Crippen LogP contribution in [-0.2, 0) is 9.59 Å². The van der Waals surface area contributed by atoms with E-state index in [0.29, 0.717) is 17.2 Å². The lowest BCUT2D eigenvalue weighted by Gasteiger charge is -2.07. The van der Waals surface area contributed by atoms with E-state index in [9.17, 15) is 9.59 Å². The quantitative estimate of drug-likeness (QED) is 0.823. The number of carbonyl (C=O) groups is 2. The molecule has 0 bridgehead atoms. The van der Waals surface area contributed by atoms with Gasteiger partial charge in [0, 0.05) is 11.8 Å². The Kier molecular flexibility index (Phi) is 3.78. The fourth-order valence-electron chi connectivity index (χ4n) is 1.45. The molecule has 2 amide bonds. The van der Waals surface area contributed by atoms with E-state index < -0.39 is 11.8 Å². The Balaban J connectivity index is 2.11. The number of benzene rings is 2. The second-order valence-electron chi connectivity index (χ2n) is 3.76. The van der Waals surface area contributed by atoms with Crippen molar-refractivity contribution in [3.8, 4) is 11.5 Å². The van der Waals surface area contributed by atoms with E-state index in [2.05, 4.69) is 5.32 Å². The lowest BCUT2D eigenvalue weighted by Crippen LogP contribution is -2.29. The number of amides is 2. The highest BCUT2D eigenvalue weighted by atomic mass is 16.5. The number of hydrogen-bond acceptors (Lipinski definition) is 3. The normalized spacial score (nSPS) is 9.68. The molecule has 0 aliphatic rings. The van der Waals surface area contributed by atoms with Crippen LogP contribution in [0.5, 0.6) is 11.5 Å². The van der Waals surface area contributed by atoms with E-state index in [1.165, 1.54) is 0 Å². The Morgan fingerprint density at radius 1 is 0.947 bits per heavy atom. The number of carbonyl (C=O) groups excluding carboxylic acids is 2. The molecule has 0 heterocycles. The summed E-state index contributed by atoms with van der Waals surface area (Å²) in [6, 6.07) is 15.9. The van der Waals surface area contributed by atoms with E-state index in [0.717, 1.165) is 0 Å². The molecule has 0 atom stereocenters. The fraction of sp³-hybridized carbons (Fsp3) is 0. The fourth-order valence-corrected chi connectivity index (χ4v) is 1.45. The van der Waals surface area contributed by atoms with Gasteiger partial charge in [0.1, 0.15) is 11.5 Å². The van der Waals surface area contributed by atoms with Gasteiger partial charge in [0.05, 0.1) is 0 Å². The van der Waals surface area contributed by atoms with Crippen molar-refractivity contribution in [2.24, 2.45) is 5.73 Å². The maximum absolute atomic E-state index is 11.2. The molecule has 19 heavy (non-hydrogen) atoms. The molecule has 2 rings (SSSR count). The van der Waals surface area contributed by atoms with Crippen LogP contribution in [0.3, 0.4) is 0 Å². The average Bonchev–Trinajstić information content (AvgIpc) is 2.40. The van der Waals surface area contributed by atoms with Crippen molar-refractivity contribution in [1.29, 1.82) is 0 Å². The predicted octanol–water partition coefficient (Wildman–Crippen LogP) is 1.90. The summed E-state index contributed by atoms with van der Waals surface area (Å²) in [6.07, 6.45) is 0. The van der Waals surface area contributed by atoms with E-state index in [4.69, 9.17) is 10.5 Å². The molecule has 96 valence electrons. The minimum Gasteiger partial charge on any atom is -0.457 e. The van der Waals surface area contributed by atoms with Crippen LogP contribution < -0.4 is 15.8 Å². The molecule has 5 heteroatoms. The van der Waals surface area contributed by atoms with Crippen molar-refractivity contribution in [2.75, 3.05) is 5.32 Å². The van der Waals surface area contributed by atoms with Gasteiger partial charge in [-0.1, -0.05) is 24.3 Å². The third-order valence-corrected chi connectivity index (χ3v) is 2.29. The standard InChI is InChI=1S/C14H12N2O3/c15-13(17)14(18)16-10-5-4-8-12(9-10)19-11-6-2-1-3-7-11/h1-9H,(H2,15,17)(H,16,18). The first-order valence-corrected chi connectivity index (χ1v) is 5.59. The molecule has 2 aromatic rings. The van der Waals surface area contributed by atoms with Crippen molar-refractivity contribution >= 4 is 17.5 Å². The summed E-state index contributed by atoms with van der Waals surface area (Å²) in [6.45, 7) is 0. The van der Waals surface area contributed by atoms with Crippen molar-refractivity contribution < 1.29 is 14.3 Å². The third kappa shape index (κ3) is 3.57. The van der Waals surface area contributed by atoms with Crippen molar-refractivity contribution in [3.05, 3.63) is 54.6 Å². The maximum atomic E-state index is 11.2. The third-order valence-electron chi connectivity index (χ3n) is 2.29. The molecule has 5 nitrogen and oxygen atoms in total. The smallest absolute Gasteiger partial charge is 0.313 e. The summed E-state index contributed by atoms with van der Waals surface area (Å²) in [4.78, 5) is 21.8. The topological polar surface area (TPSA) is 81.4 Å². The highest BCUT2D eigenvalue weighted by Crippen LogP contribution is 2.23. The second kappa shape index (κ2) is 5.68. The number of primary amides is 1. The first kappa shape index (κ1) is 12.6. The Hall–Kier alpha value is -2.82. The molecule has 2 aromatic carbocycles. The van der Waals surface area contributed by atoms with Crippen molar-refractivity contribution in [2.45, 2.75) is 0 Å². The molecular weight excluding hydrogens is 244 g/mol. The molecule has 0 saturated heterocycles. The van der Waals surface area contributed by atoms with Crippen LogP contribution in [0.4, 0.5) is 5.69 Å². The first-order valence-electron chi connectivity index (χ1n) is 5.59. The molecule has 0 spiro atoms. The van der Waals surface area contributed by atoms with Gasteiger partial charge in [-0.05, 0) is 24.3 Å². The lowest BCUT2D eigenvalue weighted by molar-refractivity contribution is -0.134. The lowest BCUT2D eigenvalue weighted by atomic mass is 10.3. The van der Waals surface area contributed by atoms with Crippen molar-refractivity contribution in [1.82, 2.24) is 0 Å². The van der Waals surface area contributed by atoms with Crippen LogP contribution in [0, 0.1) is 0 Å². The summed E-state index contributed by atoms with van der Waals surface area (Å²) in [5.41, 5.74) is 5.31. The molecule has 0 aromatic heterocycles. The van der Waals surface area contributed by atoms with Gasteiger partial charge in [0.25, 0.3) is 0 Å². The molecule has 0 saturated carbocycles. The van der Waals surface area contributed by atoms with E-state index in [1.54, 1.807) is 24.3 Å². The number of nitrogens with one attached hydrogen (secondary N) is 1. The van der Waals surface area contributed by atoms with Crippen LogP contribution in [-0.4, -0.2) is 11.8 Å². The summed E-state index contributed by atoms with van der Waals surface area (Å²) in [7, 11) is 0. The Bertz CT molecular complexity index is 597. The van der Waals surface area contributed by atoms with Gasteiger partial charge in [0.2, 0.25) is 0 Å². The first-order chi connectivity index (χ1) is 9.15. The zero-order valence-corrected chi connectivity index (χ0v) is 10.00. The van der Waals surface area contributed by atoms with Gasteiger partial charge in [0.15, 0.2) is 0 Å². The maximum Gasteiger partial charge on any atom is 0.313 e. The zero-order valence-electron chi connectivity index (χ0n) is 10.00. The Morgan fingerprint density at radius 2 is 1.63 bits per heavy atom. The van der Waals surface area contributed by atoms with Gasteiger partial charge >= 0.3 is 11.8 Å². The van der Waals surface area contributed by atoms with Crippen LogP contribution in [0.1, 0.15) is 0 Å².